The predicted octanol–water partition coefficient (Wildman–Crippen LogP) is 3.51. The van der Waals surface area contributed by atoms with Gasteiger partial charge in [0.1, 0.15) is 11.3 Å². The van der Waals surface area contributed by atoms with Gasteiger partial charge in [-0.05, 0) is 44.0 Å². The van der Waals surface area contributed by atoms with Gasteiger partial charge in [0.05, 0.1) is 17.9 Å². The zero-order valence-electron chi connectivity index (χ0n) is 12.9. The molecule has 0 spiro atoms. The molecule has 116 valence electrons. The molecule has 4 rings (SSSR count). The molecule has 0 N–H and O–H groups in total. The highest BCUT2D eigenvalue weighted by Crippen LogP contribution is 2.32. The Morgan fingerprint density at radius 3 is 3.04 bits per heavy atom. The normalized spacial score (nSPS) is 17.8. The molecule has 5 heteroatoms. The monoisotopic (exact) mass is 307 g/mol. The number of amides is 1. The Labute approximate surface area is 134 Å². The Hall–Kier alpha value is -2.69. The third kappa shape index (κ3) is 2.48. The van der Waals surface area contributed by atoms with E-state index in [1.807, 2.05) is 36.1 Å². The van der Waals surface area contributed by atoms with Crippen molar-refractivity contribution in [3.8, 4) is 0 Å². The maximum atomic E-state index is 12.9. The number of rotatable bonds is 2. The molecule has 0 saturated carbocycles. The van der Waals surface area contributed by atoms with Gasteiger partial charge >= 0.3 is 0 Å². The molecule has 0 aliphatic carbocycles. The van der Waals surface area contributed by atoms with E-state index < -0.39 is 0 Å². The molecule has 1 amide bonds. The van der Waals surface area contributed by atoms with Gasteiger partial charge in [-0.3, -0.25) is 14.8 Å². The molecule has 3 heterocycles. The van der Waals surface area contributed by atoms with Gasteiger partial charge in [-0.1, -0.05) is 0 Å². The third-order valence-corrected chi connectivity index (χ3v) is 4.32. The summed E-state index contributed by atoms with van der Waals surface area (Å²) in [5.41, 5.74) is 2.36. The molecule has 1 aromatic carbocycles. The van der Waals surface area contributed by atoms with Crippen LogP contribution in [-0.2, 0) is 0 Å². The second-order valence-electron chi connectivity index (χ2n) is 5.90. The molecular formula is C18H17N3O2. The van der Waals surface area contributed by atoms with Crippen molar-refractivity contribution in [1.29, 1.82) is 0 Å². The van der Waals surface area contributed by atoms with Crippen LogP contribution in [0.5, 0.6) is 0 Å². The number of furan rings is 1. The third-order valence-electron chi connectivity index (χ3n) is 4.32. The number of nitrogens with zero attached hydrogens (tertiary/aromatic N) is 3. The summed E-state index contributed by atoms with van der Waals surface area (Å²) < 4.78 is 5.58. The van der Waals surface area contributed by atoms with Crippen LogP contribution in [0.4, 0.5) is 0 Å². The van der Waals surface area contributed by atoms with Crippen LogP contribution >= 0.6 is 0 Å². The number of likely N-dealkylation sites (tertiary alicyclic amines) is 1. The Kier molecular flexibility index (Phi) is 3.33. The van der Waals surface area contributed by atoms with Crippen molar-refractivity contribution in [2.24, 2.45) is 0 Å². The van der Waals surface area contributed by atoms with Gasteiger partial charge in [-0.2, -0.15) is 0 Å². The van der Waals surface area contributed by atoms with Crippen molar-refractivity contribution in [2.45, 2.75) is 25.8 Å². The van der Waals surface area contributed by atoms with Gasteiger partial charge in [0.15, 0.2) is 0 Å². The van der Waals surface area contributed by atoms with E-state index in [4.69, 9.17) is 4.42 Å². The van der Waals surface area contributed by atoms with E-state index in [0.29, 0.717) is 5.56 Å². The number of carbonyl (C=O) groups is 1. The van der Waals surface area contributed by atoms with E-state index in [1.54, 1.807) is 18.6 Å². The van der Waals surface area contributed by atoms with Gasteiger partial charge in [0.25, 0.3) is 5.91 Å². The average Bonchev–Trinajstić information content (AvgIpc) is 3.19. The lowest BCUT2D eigenvalue weighted by Crippen LogP contribution is -2.31. The van der Waals surface area contributed by atoms with Crippen LogP contribution in [0.3, 0.4) is 0 Å². The van der Waals surface area contributed by atoms with E-state index in [2.05, 4.69) is 9.97 Å². The molecule has 2 aromatic heterocycles. The summed E-state index contributed by atoms with van der Waals surface area (Å²) >= 11 is 0. The quantitative estimate of drug-likeness (QED) is 0.727. The molecule has 1 saturated heterocycles. The van der Waals surface area contributed by atoms with Crippen molar-refractivity contribution >= 4 is 16.9 Å². The van der Waals surface area contributed by atoms with Crippen LogP contribution in [0.1, 0.15) is 40.7 Å². The number of fused-ring (bicyclic) bond motifs is 1. The Morgan fingerprint density at radius 1 is 1.30 bits per heavy atom. The summed E-state index contributed by atoms with van der Waals surface area (Å²) in [5, 5.41) is 0.962. The van der Waals surface area contributed by atoms with Gasteiger partial charge in [-0.15, -0.1) is 0 Å². The SMILES string of the molecule is Cc1cc2cc(C(=O)N3CCCC3c3cnccn3)ccc2o1. The molecule has 1 aliphatic rings. The number of hydrogen-bond acceptors (Lipinski definition) is 4. The molecule has 1 aliphatic heterocycles. The minimum absolute atomic E-state index is 0.0120. The van der Waals surface area contributed by atoms with Gasteiger partial charge in [-0.25, -0.2) is 0 Å². The van der Waals surface area contributed by atoms with E-state index in [-0.39, 0.29) is 11.9 Å². The van der Waals surface area contributed by atoms with Gasteiger partial charge in [0, 0.05) is 29.9 Å². The van der Waals surface area contributed by atoms with Crippen molar-refractivity contribution in [1.82, 2.24) is 14.9 Å². The average molecular weight is 307 g/mol. The minimum Gasteiger partial charge on any atom is -0.461 e. The fourth-order valence-corrected chi connectivity index (χ4v) is 3.27. The van der Waals surface area contributed by atoms with Crippen molar-refractivity contribution < 1.29 is 9.21 Å². The fourth-order valence-electron chi connectivity index (χ4n) is 3.27. The maximum absolute atomic E-state index is 12.9. The van der Waals surface area contributed by atoms with Crippen molar-refractivity contribution in [3.63, 3.8) is 0 Å². The first-order chi connectivity index (χ1) is 11.2. The van der Waals surface area contributed by atoms with Crippen molar-refractivity contribution in [2.75, 3.05) is 6.54 Å². The van der Waals surface area contributed by atoms with Crippen LogP contribution in [0.2, 0.25) is 0 Å². The summed E-state index contributed by atoms with van der Waals surface area (Å²) in [4.78, 5) is 23.3. The van der Waals surface area contributed by atoms with Crippen molar-refractivity contribution in [3.05, 3.63) is 59.9 Å². The zero-order valence-corrected chi connectivity index (χ0v) is 12.9. The van der Waals surface area contributed by atoms with E-state index in [1.165, 1.54) is 0 Å². The number of aryl methyl sites for hydroxylation is 1. The fraction of sp³-hybridized carbons (Fsp3) is 0.278. The summed E-state index contributed by atoms with van der Waals surface area (Å²) in [6.45, 7) is 2.66. The molecule has 1 fully saturated rings. The smallest absolute Gasteiger partial charge is 0.254 e. The Morgan fingerprint density at radius 2 is 2.22 bits per heavy atom. The lowest BCUT2D eigenvalue weighted by molar-refractivity contribution is 0.0733. The van der Waals surface area contributed by atoms with E-state index in [9.17, 15) is 4.79 Å². The van der Waals surface area contributed by atoms with Gasteiger partial charge < -0.3 is 9.32 Å². The predicted molar refractivity (Wildman–Crippen MR) is 86.0 cm³/mol. The number of carbonyl (C=O) groups excluding carboxylic acids is 1. The van der Waals surface area contributed by atoms with Gasteiger partial charge in [0.2, 0.25) is 0 Å². The molecule has 0 bridgehead atoms. The summed E-state index contributed by atoms with van der Waals surface area (Å²) in [6.07, 6.45) is 6.99. The number of benzene rings is 1. The van der Waals surface area contributed by atoms with E-state index >= 15 is 0 Å². The molecule has 23 heavy (non-hydrogen) atoms. The molecule has 0 radical (unpaired) electrons. The van der Waals surface area contributed by atoms with Crippen LogP contribution in [0.25, 0.3) is 11.0 Å². The summed E-state index contributed by atoms with van der Waals surface area (Å²) in [5.74, 6) is 0.891. The number of hydrogen-bond donors (Lipinski definition) is 0. The number of aromatic nitrogens is 2. The highest BCUT2D eigenvalue weighted by molar-refractivity contribution is 5.98. The first kappa shape index (κ1) is 13.9. The molecule has 1 atom stereocenters. The van der Waals surface area contributed by atoms with E-state index in [0.717, 1.165) is 41.8 Å². The standard InChI is InChI=1S/C18H17N3O2/c1-12-9-14-10-13(4-5-17(14)23-12)18(22)21-8-2-3-16(21)15-11-19-6-7-20-15/h4-7,9-11,16H,2-3,8H2,1H3. The second kappa shape index (κ2) is 5.50. The zero-order chi connectivity index (χ0) is 15.8. The highest BCUT2D eigenvalue weighted by Gasteiger charge is 2.31. The van der Waals surface area contributed by atoms with Crippen LogP contribution in [0.15, 0.2) is 47.3 Å². The molecule has 3 aromatic rings. The Balaban J connectivity index is 1.66. The lowest BCUT2D eigenvalue weighted by atomic mass is 10.1. The van der Waals surface area contributed by atoms with Crippen LogP contribution in [-0.4, -0.2) is 27.3 Å². The van der Waals surface area contributed by atoms with Crippen LogP contribution < -0.4 is 0 Å². The lowest BCUT2D eigenvalue weighted by Gasteiger charge is -2.24. The molecular weight excluding hydrogens is 290 g/mol. The largest absolute Gasteiger partial charge is 0.461 e. The molecule has 1 unspecified atom stereocenters. The first-order valence-corrected chi connectivity index (χ1v) is 7.79. The topological polar surface area (TPSA) is 59.2 Å². The van der Waals surface area contributed by atoms with Crippen LogP contribution in [0, 0.1) is 6.92 Å². The maximum Gasteiger partial charge on any atom is 0.254 e. The Bertz CT molecular complexity index is 857. The summed E-state index contributed by atoms with van der Waals surface area (Å²) in [6, 6.07) is 7.57. The second-order valence-corrected chi connectivity index (χ2v) is 5.90. The molecule has 5 nitrogen and oxygen atoms in total. The highest BCUT2D eigenvalue weighted by atomic mass is 16.3. The minimum atomic E-state index is 0.0120. The summed E-state index contributed by atoms with van der Waals surface area (Å²) in [7, 11) is 0. The first-order valence-electron chi connectivity index (χ1n) is 7.79.